The standard InChI is InChI=1S/C27H36N4OS/c1-4-5-12-24(31-17(2)8-6-9-18(31)3)21-10-7-11-23-22(21)16-19(27(32)30-23)15-20-13-14-25(33-20)26(28)29/h7,10-11,13-14,16-18,24H,4-6,8-9,12,15H2,1-3H3,(H3,28,29)(H,30,32). The van der Waals surface area contributed by atoms with Gasteiger partial charge in [-0.05, 0) is 62.9 Å². The molecule has 6 heteroatoms. The maximum absolute atomic E-state index is 12.9. The van der Waals surface area contributed by atoms with Crippen LogP contribution in [0.4, 0.5) is 0 Å². The molecule has 0 bridgehead atoms. The molecule has 0 saturated carbocycles. The van der Waals surface area contributed by atoms with E-state index in [4.69, 9.17) is 11.1 Å². The number of aromatic amines is 1. The Morgan fingerprint density at radius 2 is 2.00 bits per heavy atom. The summed E-state index contributed by atoms with van der Waals surface area (Å²) in [6.45, 7) is 7.00. The minimum atomic E-state index is -0.0396. The third-order valence-electron chi connectivity index (χ3n) is 7.10. The molecule has 0 amide bonds. The summed E-state index contributed by atoms with van der Waals surface area (Å²) in [5.74, 6) is 0.0736. The number of piperidine rings is 1. The summed E-state index contributed by atoms with van der Waals surface area (Å²) in [6.07, 6.45) is 7.84. The van der Waals surface area contributed by atoms with Crippen molar-refractivity contribution in [2.45, 2.75) is 83.8 Å². The molecule has 1 fully saturated rings. The van der Waals surface area contributed by atoms with Crippen LogP contribution in [0.5, 0.6) is 0 Å². The number of hydrogen-bond acceptors (Lipinski definition) is 4. The number of aromatic nitrogens is 1. The van der Waals surface area contributed by atoms with Gasteiger partial charge in [-0.25, -0.2) is 0 Å². The number of fused-ring (bicyclic) bond motifs is 1. The van der Waals surface area contributed by atoms with Crippen LogP contribution in [0.2, 0.25) is 0 Å². The summed E-state index contributed by atoms with van der Waals surface area (Å²) in [6, 6.07) is 13.8. The minimum absolute atomic E-state index is 0.0396. The Hall–Kier alpha value is -2.44. The molecule has 1 saturated heterocycles. The van der Waals surface area contributed by atoms with Gasteiger partial charge in [0.2, 0.25) is 0 Å². The van der Waals surface area contributed by atoms with Crippen molar-refractivity contribution in [3.8, 4) is 0 Å². The Morgan fingerprint density at radius 3 is 2.67 bits per heavy atom. The van der Waals surface area contributed by atoms with Crippen molar-refractivity contribution in [3.05, 3.63) is 67.6 Å². The molecular weight excluding hydrogens is 428 g/mol. The topological polar surface area (TPSA) is 86.0 Å². The van der Waals surface area contributed by atoms with E-state index in [1.54, 1.807) is 0 Å². The fourth-order valence-corrected chi connectivity index (χ4v) is 6.33. The van der Waals surface area contributed by atoms with Gasteiger partial charge in [0.05, 0.1) is 4.88 Å². The van der Waals surface area contributed by atoms with Crippen molar-refractivity contribution in [3.63, 3.8) is 0 Å². The highest BCUT2D eigenvalue weighted by atomic mass is 32.1. The summed E-state index contributed by atoms with van der Waals surface area (Å²) in [4.78, 5) is 20.6. The first-order valence-corrected chi connectivity index (χ1v) is 13.1. The Balaban J connectivity index is 1.77. The van der Waals surface area contributed by atoms with Gasteiger partial charge >= 0.3 is 0 Å². The molecular formula is C27H36N4OS. The van der Waals surface area contributed by atoms with Gasteiger partial charge in [-0.3, -0.25) is 15.1 Å². The zero-order valence-corrected chi connectivity index (χ0v) is 20.8. The van der Waals surface area contributed by atoms with E-state index in [0.717, 1.165) is 32.6 Å². The number of thiophene rings is 1. The third-order valence-corrected chi connectivity index (χ3v) is 8.22. The van der Waals surface area contributed by atoms with Gasteiger partial charge in [-0.15, -0.1) is 11.3 Å². The normalized spacial score (nSPS) is 20.2. The molecule has 1 aliphatic rings. The lowest BCUT2D eigenvalue weighted by molar-refractivity contribution is 0.0496. The van der Waals surface area contributed by atoms with Crippen LogP contribution < -0.4 is 11.3 Å². The van der Waals surface area contributed by atoms with Crippen molar-refractivity contribution in [1.29, 1.82) is 5.41 Å². The molecule has 4 N–H and O–H groups in total. The maximum atomic E-state index is 12.9. The molecule has 33 heavy (non-hydrogen) atoms. The summed E-state index contributed by atoms with van der Waals surface area (Å²) < 4.78 is 0. The number of hydrogen-bond donors (Lipinski definition) is 3. The Morgan fingerprint density at radius 1 is 1.24 bits per heavy atom. The fourth-order valence-electron chi connectivity index (χ4n) is 5.44. The molecule has 176 valence electrons. The van der Waals surface area contributed by atoms with Crippen LogP contribution >= 0.6 is 11.3 Å². The molecule has 3 heterocycles. The Labute approximate surface area is 200 Å². The molecule has 0 spiro atoms. The number of likely N-dealkylation sites (tertiary alicyclic amines) is 1. The number of nitrogens with two attached hydrogens (primary N) is 1. The SMILES string of the molecule is CCCCC(c1cccc2[nH]c(=O)c(Cc3ccc(C(=N)N)s3)cc12)N1C(C)CCCC1C. The number of nitrogens with one attached hydrogen (secondary N) is 2. The monoisotopic (exact) mass is 464 g/mol. The van der Waals surface area contributed by atoms with Gasteiger partial charge < -0.3 is 10.7 Å². The predicted octanol–water partition coefficient (Wildman–Crippen LogP) is 5.96. The number of nitrogens with zero attached hydrogens (tertiary/aromatic N) is 1. The van der Waals surface area contributed by atoms with E-state index >= 15 is 0 Å². The Kier molecular flexibility index (Phi) is 7.35. The molecule has 5 nitrogen and oxygen atoms in total. The molecule has 0 radical (unpaired) electrons. The molecule has 2 aromatic heterocycles. The summed E-state index contributed by atoms with van der Waals surface area (Å²) in [5.41, 5.74) is 8.60. The van der Waals surface area contributed by atoms with E-state index in [-0.39, 0.29) is 11.4 Å². The van der Waals surface area contributed by atoms with Gasteiger partial charge in [0, 0.05) is 45.9 Å². The van der Waals surface area contributed by atoms with Crippen LogP contribution in [-0.4, -0.2) is 27.8 Å². The van der Waals surface area contributed by atoms with Crippen molar-refractivity contribution >= 4 is 28.1 Å². The summed E-state index contributed by atoms with van der Waals surface area (Å²) >= 11 is 1.48. The molecule has 4 rings (SSSR count). The van der Waals surface area contributed by atoms with E-state index in [9.17, 15) is 4.79 Å². The Bertz CT molecular complexity index is 1170. The lowest BCUT2D eigenvalue weighted by Crippen LogP contribution is -2.46. The van der Waals surface area contributed by atoms with Crippen molar-refractivity contribution < 1.29 is 0 Å². The number of H-pyrrole nitrogens is 1. The third kappa shape index (κ3) is 5.07. The average Bonchev–Trinajstić information content (AvgIpc) is 3.25. The first-order chi connectivity index (χ1) is 15.9. The van der Waals surface area contributed by atoms with Crippen LogP contribution in [-0.2, 0) is 6.42 Å². The summed E-state index contributed by atoms with van der Waals surface area (Å²) in [5, 5.41) is 8.81. The van der Waals surface area contributed by atoms with Crippen LogP contribution in [0.3, 0.4) is 0 Å². The number of benzene rings is 1. The van der Waals surface area contributed by atoms with Crippen LogP contribution in [0, 0.1) is 5.41 Å². The highest BCUT2D eigenvalue weighted by molar-refractivity contribution is 7.14. The van der Waals surface area contributed by atoms with Gasteiger partial charge in [-0.2, -0.15) is 0 Å². The lowest BCUT2D eigenvalue weighted by Gasteiger charge is -2.45. The van der Waals surface area contributed by atoms with E-state index in [1.165, 1.54) is 49.0 Å². The van der Waals surface area contributed by atoms with Crippen LogP contribution in [0.1, 0.15) is 86.2 Å². The number of rotatable bonds is 8. The summed E-state index contributed by atoms with van der Waals surface area (Å²) in [7, 11) is 0. The quantitative estimate of drug-likeness (QED) is 0.284. The first-order valence-electron chi connectivity index (χ1n) is 12.2. The van der Waals surface area contributed by atoms with Crippen molar-refractivity contribution in [2.24, 2.45) is 5.73 Å². The lowest BCUT2D eigenvalue weighted by atomic mass is 9.88. The van der Waals surface area contributed by atoms with Gasteiger partial charge in [-0.1, -0.05) is 38.3 Å². The van der Waals surface area contributed by atoms with Crippen molar-refractivity contribution in [2.75, 3.05) is 0 Å². The van der Waals surface area contributed by atoms with Gasteiger partial charge in [0.25, 0.3) is 5.56 Å². The van der Waals surface area contributed by atoms with E-state index < -0.39 is 0 Å². The van der Waals surface area contributed by atoms with Crippen LogP contribution in [0.15, 0.2) is 41.2 Å². The second-order valence-corrected chi connectivity index (χ2v) is 10.7. The largest absolute Gasteiger partial charge is 0.383 e. The first kappa shape index (κ1) is 23.7. The smallest absolute Gasteiger partial charge is 0.251 e. The van der Waals surface area contributed by atoms with E-state index in [0.29, 0.717) is 24.5 Å². The highest BCUT2D eigenvalue weighted by Crippen LogP contribution is 2.38. The minimum Gasteiger partial charge on any atom is -0.383 e. The molecule has 1 aromatic carbocycles. The number of amidine groups is 1. The molecule has 3 aromatic rings. The second-order valence-electron chi connectivity index (χ2n) is 9.52. The molecule has 3 unspecified atom stereocenters. The molecule has 0 aliphatic carbocycles. The molecule has 3 atom stereocenters. The second kappa shape index (κ2) is 10.2. The number of unbranched alkanes of at least 4 members (excludes halogenated alkanes) is 1. The van der Waals surface area contributed by atoms with E-state index in [2.05, 4.69) is 48.9 Å². The fraction of sp³-hybridized carbons (Fsp3) is 0.481. The average molecular weight is 465 g/mol. The van der Waals surface area contributed by atoms with Crippen LogP contribution in [0.25, 0.3) is 10.9 Å². The molecule has 1 aliphatic heterocycles. The van der Waals surface area contributed by atoms with Gasteiger partial charge in [0.1, 0.15) is 5.84 Å². The maximum Gasteiger partial charge on any atom is 0.251 e. The number of nitrogen functional groups attached to an aromatic ring is 1. The zero-order chi connectivity index (χ0) is 23.5. The number of pyridine rings is 1. The van der Waals surface area contributed by atoms with E-state index in [1.807, 2.05) is 18.2 Å². The zero-order valence-electron chi connectivity index (χ0n) is 20.0. The van der Waals surface area contributed by atoms with Gasteiger partial charge in [0.15, 0.2) is 0 Å². The highest BCUT2D eigenvalue weighted by Gasteiger charge is 2.32. The van der Waals surface area contributed by atoms with Crippen molar-refractivity contribution in [1.82, 2.24) is 9.88 Å². The predicted molar refractivity (Wildman–Crippen MR) is 140 cm³/mol.